The first-order chi connectivity index (χ1) is 37.2. The van der Waals surface area contributed by atoms with E-state index in [1.165, 1.54) is 77.8 Å². The Balaban J connectivity index is 0.000000199. The van der Waals surface area contributed by atoms with Gasteiger partial charge in [-0.3, -0.25) is 0 Å². The zero-order chi connectivity index (χ0) is 53.1. The minimum atomic E-state index is -1.13. The van der Waals surface area contributed by atoms with Crippen molar-refractivity contribution in [1.82, 2.24) is 0 Å². The van der Waals surface area contributed by atoms with Crippen LogP contribution in [0.3, 0.4) is 0 Å². The van der Waals surface area contributed by atoms with E-state index in [1.54, 1.807) is 36.4 Å². The van der Waals surface area contributed by atoms with Crippen molar-refractivity contribution < 1.29 is 44.0 Å². The van der Waals surface area contributed by atoms with Crippen LogP contribution in [0.15, 0.2) is 279 Å². The molecule has 0 aliphatic carbocycles. The van der Waals surface area contributed by atoms with Crippen LogP contribution in [0.5, 0.6) is 11.5 Å². The van der Waals surface area contributed by atoms with Crippen molar-refractivity contribution in [2.45, 2.75) is 19.3 Å². The van der Waals surface area contributed by atoms with E-state index in [-0.39, 0.29) is 43.9 Å². The Morgan fingerprint density at radius 1 is 0.390 bits per heavy atom. The zero-order valence-corrected chi connectivity index (χ0v) is 47.2. The average molecular weight is 1150 g/mol. The van der Waals surface area contributed by atoms with E-state index < -0.39 is 27.8 Å². The molecule has 2 N–H and O–H groups in total. The van der Waals surface area contributed by atoms with Crippen molar-refractivity contribution in [2.24, 2.45) is 5.73 Å². The Hall–Kier alpha value is -7.19. The summed E-state index contributed by atoms with van der Waals surface area (Å²) < 4.78 is 7.26. The molecule has 384 valence electrons. The molecule has 0 radical (unpaired) electrons. The minimum Gasteiger partial charge on any atom is -0.545 e. The first-order valence-electron chi connectivity index (χ1n) is 25.0. The molecule has 0 amide bonds. The minimum absolute atomic E-state index is 0. The Labute approximate surface area is 469 Å². The summed E-state index contributed by atoms with van der Waals surface area (Å²) >= 11 is 0. The molecule has 6 nitrogen and oxygen atoms in total. The fraction of sp³-hybridized carbons (Fsp3) is 0.0746. The van der Waals surface area contributed by atoms with Crippen LogP contribution in [0, 0.1) is 0 Å². The topological polar surface area (TPSA) is 116 Å². The summed E-state index contributed by atoms with van der Waals surface area (Å²) in [4.78, 5) is 20.2. The van der Waals surface area contributed by atoms with E-state index in [0.717, 1.165) is 24.2 Å². The zero-order valence-electron chi connectivity index (χ0n) is 42.8. The molecule has 10 aromatic rings. The van der Waals surface area contributed by atoms with Crippen molar-refractivity contribution in [1.29, 1.82) is 0 Å². The average Bonchev–Trinajstić information content (AvgIpc) is 3.51. The first-order valence-corrected chi connectivity index (χ1v) is 29.2. The molecule has 11 rings (SSSR count). The molecule has 0 saturated carbocycles. The van der Waals surface area contributed by atoms with Gasteiger partial charge in [-0.25, -0.2) is 0 Å². The van der Waals surface area contributed by atoms with Gasteiger partial charge in [-0.2, -0.15) is 0 Å². The fourth-order valence-electron chi connectivity index (χ4n) is 8.91. The molecule has 0 aromatic heterocycles. The van der Waals surface area contributed by atoms with E-state index in [0.29, 0.717) is 0 Å². The number of hydrogen-bond donors (Lipinski definition) is 1. The molecule has 10 aromatic carbocycles. The predicted molar refractivity (Wildman–Crippen MR) is 317 cm³/mol. The molecule has 0 saturated heterocycles. The van der Waals surface area contributed by atoms with Crippen LogP contribution >= 0.6 is 23.8 Å². The monoisotopic (exact) mass is 1150 g/mol. The van der Waals surface area contributed by atoms with Gasteiger partial charge in [-0.05, 0) is 79.4 Å². The number of fused-ring (bicyclic) bond motifs is 2. The van der Waals surface area contributed by atoms with Crippen LogP contribution in [0.25, 0.3) is 0 Å². The maximum Gasteiger partial charge on any atom is 2.00 e. The number of ether oxygens (including phenoxy) is 1. The number of carboxylic acids is 2. The van der Waals surface area contributed by atoms with Crippen LogP contribution in [0.1, 0.15) is 45.7 Å². The molecule has 77 heavy (non-hydrogen) atoms. The third-order valence-corrected chi connectivity index (χ3v) is 20.1. The fourth-order valence-corrected chi connectivity index (χ4v) is 15.8. The molecule has 1 heterocycles. The molecule has 0 spiro atoms. The molecule has 0 atom stereocenters. The molecule has 1 aliphatic rings. The van der Waals surface area contributed by atoms with Gasteiger partial charge in [0.15, 0.2) is 0 Å². The molecule has 1 aliphatic heterocycles. The Morgan fingerprint density at radius 2 is 0.649 bits per heavy atom. The van der Waals surface area contributed by atoms with Crippen LogP contribution in [-0.2, 0) is 24.9 Å². The number of carboxylic acid groups (broad SMARTS) is 2. The summed E-state index contributed by atoms with van der Waals surface area (Å²) in [6.07, 6.45) is 1.06. The Bertz CT molecular complexity index is 3080. The quantitative estimate of drug-likeness (QED) is 0.0963. The number of para-hydroxylation sites is 2. The van der Waals surface area contributed by atoms with Gasteiger partial charge < -0.3 is 30.3 Å². The van der Waals surface area contributed by atoms with Gasteiger partial charge >= 0.3 is 19.5 Å². The van der Waals surface area contributed by atoms with Crippen molar-refractivity contribution in [3.8, 4) is 11.5 Å². The number of aromatic carboxylic acids is 2. The van der Waals surface area contributed by atoms with Gasteiger partial charge in [-0.1, -0.05) is 293 Å². The molecule has 0 fully saturated rings. The van der Waals surface area contributed by atoms with Gasteiger partial charge in [0.1, 0.15) is 11.5 Å². The molecular formula is C67H58NO5P3Ru. The van der Waals surface area contributed by atoms with Gasteiger partial charge in [0, 0.05) is 27.2 Å². The first kappa shape index (κ1) is 57.5. The van der Waals surface area contributed by atoms with Gasteiger partial charge in [0.2, 0.25) is 0 Å². The number of carbonyl (C=O) groups excluding carboxylic acids is 2. The third kappa shape index (κ3) is 14.9. The second-order valence-electron chi connectivity index (χ2n) is 18.0. The predicted octanol–water partition coefficient (Wildman–Crippen LogP) is 9.81. The van der Waals surface area contributed by atoms with E-state index in [1.807, 2.05) is 0 Å². The van der Waals surface area contributed by atoms with Crippen molar-refractivity contribution in [2.75, 3.05) is 12.7 Å². The number of nitrogens with two attached hydrogens (primary N) is 1. The van der Waals surface area contributed by atoms with E-state index in [4.69, 9.17) is 10.5 Å². The number of carbonyl (C=O) groups is 2. The van der Waals surface area contributed by atoms with E-state index >= 15 is 0 Å². The van der Waals surface area contributed by atoms with Crippen molar-refractivity contribution >= 4 is 78.1 Å². The van der Waals surface area contributed by atoms with Crippen LogP contribution < -0.4 is 63.1 Å². The Kier molecular flexibility index (Phi) is 21.5. The molecular weight excluding hydrogens is 1090 g/mol. The molecule has 0 unspecified atom stereocenters. The van der Waals surface area contributed by atoms with Crippen molar-refractivity contribution in [3.63, 3.8) is 0 Å². The summed E-state index contributed by atoms with van der Waals surface area (Å²) in [6.45, 7) is 5.44. The summed E-state index contributed by atoms with van der Waals surface area (Å²) in [5.41, 5.74) is 8.42. The number of rotatable bonds is 12. The molecule has 10 heteroatoms. The summed E-state index contributed by atoms with van der Waals surface area (Å²) in [5, 5.41) is 30.8. The second-order valence-corrected chi connectivity index (χ2v) is 24.7. The maximum atomic E-state index is 10.1. The number of benzene rings is 10. The summed E-state index contributed by atoms with van der Waals surface area (Å²) in [7, 11) is -1.92. The normalized spacial score (nSPS) is 11.6. The SMILES string of the molecule is CC1(C)c2cccc(P(c3ccccc3)c3ccccc3)c2Oc2c(P(c3ccccc3)c3ccccc3)cccc21.NCCP(c1ccccc1)c1ccccc1.O=C([O-])c1ccccc1.O=C([O-])c1ccccc1.[Ru+2]. The largest absolute Gasteiger partial charge is 2.00 e. The Morgan fingerprint density at radius 3 is 0.896 bits per heavy atom. The van der Waals surface area contributed by atoms with Crippen molar-refractivity contribution in [3.05, 3.63) is 301 Å². The third-order valence-electron chi connectivity index (χ3n) is 12.6. The van der Waals surface area contributed by atoms with Gasteiger partial charge in [-0.15, -0.1) is 0 Å². The molecule has 0 bridgehead atoms. The number of hydrogen-bond acceptors (Lipinski definition) is 6. The maximum absolute atomic E-state index is 10.1. The van der Waals surface area contributed by atoms with E-state index in [9.17, 15) is 19.8 Å². The van der Waals surface area contributed by atoms with Crippen LogP contribution in [0.2, 0.25) is 0 Å². The summed E-state index contributed by atoms with van der Waals surface area (Å²) in [6, 6.07) is 94.6. The van der Waals surface area contributed by atoms with Crippen LogP contribution in [0.4, 0.5) is 0 Å². The van der Waals surface area contributed by atoms with Crippen LogP contribution in [-0.4, -0.2) is 24.6 Å². The van der Waals surface area contributed by atoms with Gasteiger partial charge in [0.25, 0.3) is 0 Å². The second kappa shape index (κ2) is 28.8. The van der Waals surface area contributed by atoms with E-state index in [2.05, 4.69) is 232 Å². The standard InChI is InChI=1S/C39H32OP2.C14H16NP.2C7H6O2.Ru/c1-39(2)33-25-15-27-35(41(29-17-7-3-8-18-29)30-19-9-4-10-20-30)37(33)40-38-34(39)26-16-28-36(38)42(31-21-11-5-12-22-31)32-23-13-6-14-24-32;15-11-12-16(13-7-3-1-4-8-13)14-9-5-2-6-10-14;2*8-7(9)6-4-2-1-3-5-6;/h3-28H,1-2H3;1-10H,11-12,15H2;2*1-5H,(H,8,9);/q;;;;+2/p-2. The van der Waals surface area contributed by atoms with Gasteiger partial charge in [0.05, 0.1) is 11.9 Å². The smallest absolute Gasteiger partial charge is 0.545 e. The summed E-state index contributed by atoms with van der Waals surface area (Å²) in [5.74, 6) is -0.235.